The normalized spacial score (nSPS) is 11.1. The van der Waals surface area contributed by atoms with Gasteiger partial charge in [-0.15, -0.1) is 0 Å². The van der Waals surface area contributed by atoms with Gasteiger partial charge in [0.2, 0.25) is 0 Å². The van der Waals surface area contributed by atoms with Gasteiger partial charge in [-0.2, -0.15) is 0 Å². The molecular weight excluding hydrogens is 205 g/mol. The van der Waals surface area contributed by atoms with E-state index in [-0.39, 0.29) is 0 Å². The van der Waals surface area contributed by atoms with Crippen LogP contribution in [0.15, 0.2) is 0 Å². The van der Waals surface area contributed by atoms with Gasteiger partial charge in [0.25, 0.3) is 0 Å². The molecule has 0 atom stereocenters. The summed E-state index contributed by atoms with van der Waals surface area (Å²) in [5.74, 6) is 0. The van der Waals surface area contributed by atoms with Crippen LogP contribution in [0.5, 0.6) is 0 Å². The van der Waals surface area contributed by atoms with Gasteiger partial charge < -0.3 is 0 Å². The van der Waals surface area contributed by atoms with Gasteiger partial charge >= 0.3 is 92.1 Å². The molecule has 0 aromatic carbocycles. The summed E-state index contributed by atoms with van der Waals surface area (Å²) >= 11 is 0. The van der Waals surface area contributed by atoms with E-state index in [2.05, 4.69) is 25.1 Å². The summed E-state index contributed by atoms with van der Waals surface area (Å²) in [6, 6.07) is 6.54. The van der Waals surface area contributed by atoms with Crippen molar-refractivity contribution >= 4 is 7.26 Å². The Bertz CT molecular complexity index is 247. The van der Waals surface area contributed by atoms with Crippen LogP contribution < -0.4 is 0 Å². The van der Waals surface area contributed by atoms with E-state index >= 15 is 0 Å². The second-order valence-electron chi connectivity index (χ2n) is 3.83. The van der Waals surface area contributed by atoms with E-state index in [1.807, 2.05) is 0 Å². The number of hydrogen-bond donors (Lipinski definition) is 0. The Hall–Kier alpha value is -1.10. The van der Waals surface area contributed by atoms with Crippen molar-refractivity contribution < 1.29 is 0 Å². The molecule has 0 radical (unpaired) electrons. The molecule has 0 aliphatic heterocycles. The molecule has 0 bridgehead atoms. The summed E-state index contributed by atoms with van der Waals surface area (Å²) in [4.78, 5) is 0. The summed E-state index contributed by atoms with van der Waals surface area (Å²) in [6.45, 7) is 2.14. The Balaban J connectivity index is 4.40. The molecule has 3 nitrogen and oxygen atoms in total. The molecule has 0 aromatic rings. The molecule has 0 N–H and O–H groups in total. The van der Waals surface area contributed by atoms with Gasteiger partial charge in [-0.1, -0.05) is 0 Å². The summed E-state index contributed by atoms with van der Waals surface area (Å²) in [5, 5.41) is 25.9. The molecule has 4 heteroatoms. The third-order valence-corrected chi connectivity index (χ3v) is 8.48. The molecular formula is C11H18N3P. The van der Waals surface area contributed by atoms with Gasteiger partial charge in [-0.05, 0) is 0 Å². The molecule has 0 fully saturated rings. The minimum atomic E-state index is -1.50. The van der Waals surface area contributed by atoms with Crippen LogP contribution in [-0.4, -0.2) is 24.6 Å². The van der Waals surface area contributed by atoms with Crippen LogP contribution in [0, 0.1) is 34.0 Å². The van der Waals surface area contributed by atoms with E-state index in [0.717, 1.165) is 24.6 Å². The SMILES string of the molecule is CC[PH](CCC#N)(CCC#N)CCC#N. The number of rotatable bonds is 7. The van der Waals surface area contributed by atoms with Gasteiger partial charge in [-0.25, -0.2) is 0 Å². The Morgan fingerprint density at radius 3 is 1.33 bits per heavy atom. The van der Waals surface area contributed by atoms with Crippen LogP contribution in [0.25, 0.3) is 0 Å². The first-order chi connectivity index (χ1) is 7.24. The van der Waals surface area contributed by atoms with Crippen molar-refractivity contribution in [2.45, 2.75) is 26.2 Å². The molecule has 0 unspecified atom stereocenters. The molecule has 0 spiro atoms. The molecule has 0 amide bonds. The van der Waals surface area contributed by atoms with Gasteiger partial charge in [0, 0.05) is 0 Å². The summed E-state index contributed by atoms with van der Waals surface area (Å²) in [5.41, 5.74) is 0. The van der Waals surface area contributed by atoms with Crippen LogP contribution in [0.1, 0.15) is 26.2 Å². The maximum atomic E-state index is 8.62. The van der Waals surface area contributed by atoms with Crippen molar-refractivity contribution in [1.82, 2.24) is 0 Å². The molecule has 0 heterocycles. The molecule has 0 aromatic heterocycles. The molecule has 0 aliphatic carbocycles. The Kier molecular flexibility index (Phi) is 7.62. The zero-order chi connectivity index (χ0) is 11.6. The molecule has 0 saturated heterocycles. The van der Waals surface area contributed by atoms with Crippen LogP contribution in [-0.2, 0) is 0 Å². The van der Waals surface area contributed by atoms with Crippen LogP contribution >= 0.6 is 7.26 Å². The second kappa shape index (κ2) is 8.23. The number of hydrogen-bond acceptors (Lipinski definition) is 3. The summed E-state index contributed by atoms with van der Waals surface area (Å²) < 4.78 is 0. The topological polar surface area (TPSA) is 71.4 Å². The Morgan fingerprint density at radius 1 is 0.800 bits per heavy atom. The summed E-state index contributed by atoms with van der Waals surface area (Å²) in [7, 11) is -1.50. The molecule has 0 saturated carbocycles. The monoisotopic (exact) mass is 223 g/mol. The van der Waals surface area contributed by atoms with Crippen LogP contribution in [0.4, 0.5) is 0 Å². The fraction of sp³-hybridized carbons (Fsp3) is 0.727. The third-order valence-electron chi connectivity index (χ3n) is 3.05. The van der Waals surface area contributed by atoms with Crippen molar-refractivity contribution in [3.05, 3.63) is 0 Å². The van der Waals surface area contributed by atoms with E-state index in [4.69, 9.17) is 15.8 Å². The van der Waals surface area contributed by atoms with Crippen molar-refractivity contribution in [3.8, 4) is 18.2 Å². The average molecular weight is 223 g/mol. The fourth-order valence-corrected chi connectivity index (χ4v) is 5.61. The molecule has 0 rings (SSSR count). The minimum absolute atomic E-state index is 0.580. The van der Waals surface area contributed by atoms with E-state index in [9.17, 15) is 0 Å². The van der Waals surface area contributed by atoms with Crippen LogP contribution in [0.3, 0.4) is 0 Å². The Labute approximate surface area is 92.7 Å². The fourth-order valence-electron chi connectivity index (χ4n) is 1.87. The number of nitrogens with zero attached hydrogens (tertiary/aromatic N) is 3. The predicted molar refractivity (Wildman–Crippen MR) is 64.1 cm³/mol. The van der Waals surface area contributed by atoms with Gasteiger partial charge in [0.1, 0.15) is 0 Å². The Morgan fingerprint density at radius 2 is 1.13 bits per heavy atom. The van der Waals surface area contributed by atoms with E-state index in [1.54, 1.807) is 0 Å². The van der Waals surface area contributed by atoms with Gasteiger partial charge in [0.05, 0.1) is 0 Å². The zero-order valence-corrected chi connectivity index (χ0v) is 10.3. The van der Waals surface area contributed by atoms with Crippen molar-refractivity contribution in [3.63, 3.8) is 0 Å². The standard InChI is InChI=1S/C11H18N3P/c1-2-15(9-3-6-12,10-4-7-13)11-5-8-14/h15H,2-5,9-11H2,1H3. The maximum absolute atomic E-state index is 8.62. The average Bonchev–Trinajstić information content (AvgIpc) is 2.29. The van der Waals surface area contributed by atoms with Crippen molar-refractivity contribution in [1.29, 1.82) is 15.8 Å². The van der Waals surface area contributed by atoms with Gasteiger partial charge in [0.15, 0.2) is 0 Å². The van der Waals surface area contributed by atoms with Gasteiger partial charge in [-0.3, -0.25) is 0 Å². The zero-order valence-electron chi connectivity index (χ0n) is 9.29. The first-order valence-corrected chi connectivity index (χ1v) is 8.18. The van der Waals surface area contributed by atoms with Crippen molar-refractivity contribution in [2.24, 2.45) is 0 Å². The number of nitriles is 3. The van der Waals surface area contributed by atoms with Crippen LogP contribution in [0.2, 0.25) is 0 Å². The van der Waals surface area contributed by atoms with Crippen molar-refractivity contribution in [2.75, 3.05) is 24.6 Å². The quantitative estimate of drug-likeness (QED) is 0.622. The van der Waals surface area contributed by atoms with E-state index in [1.165, 1.54) is 0 Å². The first-order valence-electron chi connectivity index (χ1n) is 5.35. The molecule has 82 valence electrons. The molecule has 0 aliphatic rings. The second-order valence-corrected chi connectivity index (χ2v) is 9.04. The van der Waals surface area contributed by atoms with E-state index < -0.39 is 7.26 Å². The van der Waals surface area contributed by atoms with E-state index in [0.29, 0.717) is 19.3 Å². The first kappa shape index (κ1) is 13.9. The summed E-state index contributed by atoms with van der Waals surface area (Å²) in [6.07, 6.45) is 5.67. The molecule has 15 heavy (non-hydrogen) atoms. The third kappa shape index (κ3) is 5.37. The predicted octanol–water partition coefficient (Wildman–Crippen LogP) is 2.50.